The van der Waals surface area contributed by atoms with Crippen molar-refractivity contribution in [2.24, 2.45) is 9.98 Å². The molecule has 1 aliphatic heterocycles. The lowest BCUT2D eigenvalue weighted by atomic mass is 10.6. The molecule has 24 heavy (non-hydrogen) atoms. The number of nitrogens with zero attached hydrogens (tertiary/aromatic N) is 6. The van der Waals surface area contributed by atoms with Gasteiger partial charge in [-0.25, -0.2) is 14.7 Å². The molecular weight excluding hydrogens is 324 g/mol. The van der Waals surface area contributed by atoms with Crippen LogP contribution in [0.1, 0.15) is 13.8 Å². The van der Waals surface area contributed by atoms with E-state index in [1.165, 1.54) is 38.6 Å². The zero-order valence-electron chi connectivity index (χ0n) is 15.1. The van der Waals surface area contributed by atoms with E-state index in [0.717, 1.165) is 10.5 Å². The Balaban J connectivity index is 3.30. The van der Waals surface area contributed by atoms with E-state index in [1.807, 2.05) is 13.8 Å². The molecule has 0 radical (unpaired) electrons. The first kappa shape index (κ1) is 20.5. The highest BCUT2D eigenvalue weighted by Crippen LogP contribution is 2.19. The lowest BCUT2D eigenvalue weighted by molar-refractivity contribution is -0.411. The van der Waals surface area contributed by atoms with Gasteiger partial charge in [-0.05, 0) is 19.1 Å². The van der Waals surface area contributed by atoms with Crippen LogP contribution in [0.25, 0.3) is 0 Å². The highest BCUT2D eigenvalue weighted by Gasteiger charge is 2.37. The van der Waals surface area contributed by atoms with Crippen LogP contribution >= 0.6 is 0 Å². The highest BCUT2D eigenvalue weighted by atomic mass is 17.0. The van der Waals surface area contributed by atoms with Crippen LogP contribution in [0, 0.1) is 0 Å². The summed E-state index contributed by atoms with van der Waals surface area (Å²) < 4.78 is 0. The molecule has 12 heteroatoms. The molecule has 12 nitrogen and oxygen atoms in total. The Bertz CT molecular complexity index is 432. The van der Waals surface area contributed by atoms with Gasteiger partial charge in [0, 0.05) is 7.05 Å². The number of aliphatic imine (C=N–C) groups is 2. The summed E-state index contributed by atoms with van der Waals surface area (Å²) in [7, 11) is 7.44. The van der Waals surface area contributed by atoms with Crippen molar-refractivity contribution in [1.29, 1.82) is 0 Å². The molecule has 0 aromatic carbocycles. The van der Waals surface area contributed by atoms with Crippen molar-refractivity contribution in [2.75, 3.05) is 48.7 Å². The fraction of sp³-hybridized carbons (Fsp3) is 0.833. The van der Waals surface area contributed by atoms with Gasteiger partial charge < -0.3 is 0 Å². The van der Waals surface area contributed by atoms with Gasteiger partial charge in [-0.3, -0.25) is 19.4 Å². The molecular formula is C12H26N6O6. The zero-order chi connectivity index (χ0) is 18.1. The molecule has 0 saturated heterocycles. The molecule has 0 saturated carbocycles. The van der Waals surface area contributed by atoms with Crippen molar-refractivity contribution in [3.8, 4) is 0 Å². The van der Waals surface area contributed by atoms with Gasteiger partial charge in [0.05, 0.1) is 41.7 Å². The zero-order valence-corrected chi connectivity index (χ0v) is 15.1. The summed E-state index contributed by atoms with van der Waals surface area (Å²) in [5, 5.41) is 4.97. The Morgan fingerprint density at radius 1 is 1.00 bits per heavy atom. The average Bonchev–Trinajstić information content (AvgIpc) is 2.61. The maximum Gasteiger partial charge on any atom is 0.280 e. The minimum Gasteiger partial charge on any atom is -0.274 e. The van der Waals surface area contributed by atoms with Crippen LogP contribution in [0.4, 0.5) is 0 Å². The van der Waals surface area contributed by atoms with E-state index in [2.05, 4.69) is 9.98 Å². The summed E-state index contributed by atoms with van der Waals surface area (Å²) in [4.78, 5) is 40.4. The second-order valence-electron chi connectivity index (χ2n) is 4.12. The van der Waals surface area contributed by atoms with Gasteiger partial charge >= 0.3 is 0 Å². The molecule has 0 fully saturated rings. The lowest BCUT2D eigenvalue weighted by Gasteiger charge is -2.39. The van der Waals surface area contributed by atoms with Gasteiger partial charge in [0.1, 0.15) is 0 Å². The van der Waals surface area contributed by atoms with E-state index in [4.69, 9.17) is 29.0 Å². The Kier molecular flexibility index (Phi) is 8.84. The first-order valence-corrected chi connectivity index (χ1v) is 7.28. The minimum atomic E-state index is -0.859. The summed E-state index contributed by atoms with van der Waals surface area (Å²) in [6.07, 6.45) is -0.859. The molecule has 0 amide bonds. The van der Waals surface area contributed by atoms with Crippen LogP contribution in [0.3, 0.4) is 0 Å². The van der Waals surface area contributed by atoms with Gasteiger partial charge in [0.25, 0.3) is 18.2 Å². The Morgan fingerprint density at radius 2 is 1.67 bits per heavy atom. The quantitative estimate of drug-likeness (QED) is 0.528. The predicted molar refractivity (Wildman–Crippen MR) is 83.2 cm³/mol. The van der Waals surface area contributed by atoms with Crippen LogP contribution in [0.5, 0.6) is 0 Å². The topological polar surface area (TPSA) is 93.1 Å². The van der Waals surface area contributed by atoms with E-state index in [1.54, 1.807) is 7.05 Å². The van der Waals surface area contributed by atoms with Gasteiger partial charge in [-0.15, -0.1) is 0 Å². The largest absolute Gasteiger partial charge is 0.280 e. The maximum atomic E-state index is 5.63. The molecule has 1 atom stereocenters. The third-order valence-corrected chi connectivity index (χ3v) is 2.78. The van der Waals surface area contributed by atoms with Gasteiger partial charge in [0.15, 0.2) is 0 Å². The molecule has 0 bridgehead atoms. The molecule has 1 unspecified atom stereocenters. The Labute approximate surface area is 141 Å². The van der Waals surface area contributed by atoms with Crippen LogP contribution in [0.15, 0.2) is 9.98 Å². The first-order chi connectivity index (χ1) is 11.6. The smallest absolute Gasteiger partial charge is 0.274 e. The maximum absolute atomic E-state index is 5.63. The molecule has 1 heterocycles. The molecule has 0 N–H and O–H groups in total. The van der Waals surface area contributed by atoms with Crippen LogP contribution in [-0.4, -0.2) is 87.5 Å². The predicted octanol–water partition coefficient (Wildman–Crippen LogP) is -0.0180. The van der Waals surface area contributed by atoms with Crippen LogP contribution in [-0.2, 0) is 29.0 Å². The Hall–Kier alpha value is -1.54. The number of hydrogen-bond acceptors (Lipinski definition) is 12. The number of hydrogen-bond donors (Lipinski definition) is 0. The summed E-state index contributed by atoms with van der Waals surface area (Å²) in [6, 6.07) is 0. The third-order valence-electron chi connectivity index (χ3n) is 2.78. The average molecular weight is 350 g/mol. The van der Waals surface area contributed by atoms with Crippen LogP contribution < -0.4 is 0 Å². The van der Waals surface area contributed by atoms with Crippen molar-refractivity contribution in [3.63, 3.8) is 0 Å². The summed E-state index contributed by atoms with van der Waals surface area (Å²) in [5.41, 5.74) is 0. The fourth-order valence-electron chi connectivity index (χ4n) is 1.78. The van der Waals surface area contributed by atoms with Crippen LogP contribution in [0.2, 0.25) is 0 Å². The molecule has 1 rings (SSSR count). The van der Waals surface area contributed by atoms with E-state index < -0.39 is 6.29 Å². The van der Waals surface area contributed by atoms with Crippen molar-refractivity contribution >= 4 is 11.9 Å². The van der Waals surface area contributed by atoms with Crippen molar-refractivity contribution in [1.82, 2.24) is 20.6 Å². The Morgan fingerprint density at radius 3 is 2.12 bits per heavy atom. The molecule has 0 aliphatic carbocycles. The summed E-state index contributed by atoms with van der Waals surface area (Å²) in [6.45, 7) is 4.37. The van der Waals surface area contributed by atoms with E-state index in [-0.39, 0.29) is 11.9 Å². The molecule has 0 spiro atoms. The summed E-state index contributed by atoms with van der Waals surface area (Å²) in [5.74, 6) is 0.400. The van der Waals surface area contributed by atoms with E-state index in [9.17, 15) is 0 Å². The number of rotatable bonds is 9. The van der Waals surface area contributed by atoms with Crippen molar-refractivity contribution in [2.45, 2.75) is 20.1 Å². The fourth-order valence-corrected chi connectivity index (χ4v) is 1.78. The van der Waals surface area contributed by atoms with Crippen molar-refractivity contribution in [3.05, 3.63) is 0 Å². The SMILES string of the molecule is CCON(OC)C1N=C(N(OC)OC)N=C(N(C)OC)N1OCC. The van der Waals surface area contributed by atoms with E-state index in [0.29, 0.717) is 13.2 Å². The molecule has 1 aliphatic rings. The highest BCUT2D eigenvalue weighted by molar-refractivity contribution is 5.95. The number of guanidine groups is 2. The number of hydroxylamine groups is 8. The normalized spacial score (nSPS) is 17.8. The minimum absolute atomic E-state index is 0.113. The summed E-state index contributed by atoms with van der Waals surface area (Å²) >= 11 is 0. The second kappa shape index (κ2) is 10.4. The third kappa shape index (κ3) is 4.73. The molecule has 0 aromatic rings. The van der Waals surface area contributed by atoms with Gasteiger partial charge in [0.2, 0.25) is 0 Å². The second-order valence-corrected chi connectivity index (χ2v) is 4.12. The van der Waals surface area contributed by atoms with Gasteiger partial charge in [-0.1, -0.05) is 5.23 Å². The standard InChI is InChI=1S/C12H26N6O6/c1-8-23-16-11(15(3)19-4)13-10(17(20-5)21-6)14-12(16)18(22-7)24-9-2/h12H,8-9H2,1-7H3. The van der Waals surface area contributed by atoms with Crippen molar-refractivity contribution < 1.29 is 29.0 Å². The van der Waals surface area contributed by atoms with Gasteiger partial charge in [-0.2, -0.15) is 15.0 Å². The monoisotopic (exact) mass is 350 g/mol. The molecule has 0 aromatic heterocycles. The molecule has 140 valence electrons. The first-order valence-electron chi connectivity index (χ1n) is 7.28. The van der Waals surface area contributed by atoms with E-state index >= 15 is 0 Å². The lowest BCUT2D eigenvalue weighted by Crippen LogP contribution is -2.57.